The molecule has 2 aromatic rings. The first kappa shape index (κ1) is 16.6. The monoisotopic (exact) mass is 338 g/mol. The van der Waals surface area contributed by atoms with Crippen LogP contribution in [-0.4, -0.2) is 48.7 Å². The van der Waals surface area contributed by atoms with Crippen molar-refractivity contribution >= 4 is 10.9 Å². The molecule has 25 heavy (non-hydrogen) atoms. The van der Waals surface area contributed by atoms with Gasteiger partial charge >= 0.3 is 0 Å². The Morgan fingerprint density at radius 2 is 2.16 bits per heavy atom. The second-order valence-corrected chi connectivity index (χ2v) is 6.96. The lowest BCUT2D eigenvalue weighted by atomic mass is 10.1. The number of ether oxygens (including phenoxy) is 1. The van der Waals surface area contributed by atoms with Crippen LogP contribution in [0.4, 0.5) is 0 Å². The number of hydrogen-bond donors (Lipinski definition) is 2. The Bertz CT molecular complexity index is 789. The van der Waals surface area contributed by atoms with Crippen molar-refractivity contribution in [3.05, 3.63) is 29.5 Å². The summed E-state index contributed by atoms with van der Waals surface area (Å²) in [5.41, 5.74) is 3.31. The van der Waals surface area contributed by atoms with E-state index in [4.69, 9.17) is 9.84 Å². The number of fused-ring (bicyclic) bond motifs is 1. The molecular weight excluding hydrogens is 312 g/mol. The van der Waals surface area contributed by atoms with Crippen LogP contribution in [0, 0.1) is 18.8 Å². The first-order valence-corrected chi connectivity index (χ1v) is 9.32. The molecule has 2 unspecified atom stereocenters. The Hall–Kier alpha value is -1.87. The lowest BCUT2D eigenvalue weighted by Crippen LogP contribution is -2.32. The summed E-state index contributed by atoms with van der Waals surface area (Å²) in [5.74, 6) is 6.49. The molecule has 132 valence electrons. The molecule has 5 nitrogen and oxygen atoms in total. The zero-order valence-electron chi connectivity index (χ0n) is 14.8. The highest BCUT2D eigenvalue weighted by molar-refractivity contribution is 5.88. The van der Waals surface area contributed by atoms with E-state index < -0.39 is 0 Å². The molecule has 3 heterocycles. The van der Waals surface area contributed by atoms with E-state index in [1.807, 2.05) is 0 Å². The fraction of sp³-hybridized carbons (Fsp3) is 0.550. The maximum atomic E-state index is 5.80. The molecule has 0 bridgehead atoms. The summed E-state index contributed by atoms with van der Waals surface area (Å²) in [4.78, 5) is 0. The van der Waals surface area contributed by atoms with Crippen LogP contribution in [0.25, 0.3) is 10.9 Å². The molecule has 1 aromatic heterocycles. The van der Waals surface area contributed by atoms with Crippen molar-refractivity contribution < 1.29 is 4.74 Å². The van der Waals surface area contributed by atoms with Gasteiger partial charge in [-0.3, -0.25) is 4.68 Å². The fourth-order valence-electron chi connectivity index (χ4n) is 3.86. The SMILES string of the molecule is Cc1nn(C2CCCNC2)c2cccc(C#CCOC3CCNC3)c12. The van der Waals surface area contributed by atoms with Crippen molar-refractivity contribution in [2.24, 2.45) is 0 Å². The summed E-state index contributed by atoms with van der Waals surface area (Å²) in [7, 11) is 0. The minimum Gasteiger partial charge on any atom is -0.364 e. The average molecular weight is 338 g/mol. The van der Waals surface area contributed by atoms with Gasteiger partial charge in [0.25, 0.3) is 0 Å². The minimum absolute atomic E-state index is 0.313. The van der Waals surface area contributed by atoms with Gasteiger partial charge in [0.2, 0.25) is 0 Å². The first-order valence-electron chi connectivity index (χ1n) is 9.32. The van der Waals surface area contributed by atoms with Crippen molar-refractivity contribution in [3.63, 3.8) is 0 Å². The Balaban J connectivity index is 1.56. The third kappa shape index (κ3) is 3.57. The number of hydrogen-bond acceptors (Lipinski definition) is 4. The van der Waals surface area contributed by atoms with Gasteiger partial charge in [-0.25, -0.2) is 0 Å². The minimum atomic E-state index is 0.313. The number of benzene rings is 1. The highest BCUT2D eigenvalue weighted by Crippen LogP contribution is 2.27. The molecule has 2 N–H and O–H groups in total. The van der Waals surface area contributed by atoms with E-state index in [1.165, 1.54) is 23.7 Å². The zero-order valence-corrected chi connectivity index (χ0v) is 14.8. The van der Waals surface area contributed by atoms with Crippen LogP contribution in [0.3, 0.4) is 0 Å². The Morgan fingerprint density at radius 3 is 2.96 bits per heavy atom. The summed E-state index contributed by atoms with van der Waals surface area (Å²) in [5, 5.41) is 12.8. The van der Waals surface area contributed by atoms with Crippen LogP contribution < -0.4 is 10.6 Å². The predicted molar refractivity (Wildman–Crippen MR) is 99.7 cm³/mol. The number of rotatable bonds is 3. The molecule has 2 fully saturated rings. The largest absolute Gasteiger partial charge is 0.364 e. The molecule has 2 saturated heterocycles. The molecule has 2 aliphatic rings. The molecule has 1 aromatic carbocycles. The summed E-state index contributed by atoms with van der Waals surface area (Å²) >= 11 is 0. The summed E-state index contributed by atoms with van der Waals surface area (Å²) in [6.45, 7) is 6.67. The quantitative estimate of drug-likeness (QED) is 0.841. The number of piperidine rings is 1. The summed E-state index contributed by atoms with van der Waals surface area (Å²) < 4.78 is 8.00. The van der Waals surface area contributed by atoms with Gasteiger partial charge in [0.05, 0.1) is 23.4 Å². The van der Waals surface area contributed by atoms with Crippen LogP contribution in [0.15, 0.2) is 18.2 Å². The van der Waals surface area contributed by atoms with Gasteiger partial charge in [-0.2, -0.15) is 5.10 Å². The van der Waals surface area contributed by atoms with Gasteiger partial charge in [0.1, 0.15) is 6.61 Å². The number of aromatic nitrogens is 2. The summed E-state index contributed by atoms with van der Waals surface area (Å²) in [6.07, 6.45) is 3.78. The smallest absolute Gasteiger partial charge is 0.108 e. The molecule has 2 atom stereocenters. The lowest BCUT2D eigenvalue weighted by molar-refractivity contribution is 0.0933. The van der Waals surface area contributed by atoms with Crippen LogP contribution in [0.1, 0.15) is 36.6 Å². The fourth-order valence-corrected chi connectivity index (χ4v) is 3.86. The van der Waals surface area contributed by atoms with Gasteiger partial charge in [-0.1, -0.05) is 17.9 Å². The number of nitrogens with one attached hydrogen (secondary N) is 2. The van der Waals surface area contributed by atoms with Crippen molar-refractivity contribution in [1.29, 1.82) is 0 Å². The lowest BCUT2D eigenvalue weighted by Gasteiger charge is -2.23. The molecule has 0 saturated carbocycles. The number of aryl methyl sites for hydroxylation is 1. The maximum Gasteiger partial charge on any atom is 0.108 e. The Kier molecular flexibility index (Phi) is 5.02. The molecule has 0 radical (unpaired) electrons. The van der Waals surface area contributed by atoms with Crippen LogP contribution >= 0.6 is 0 Å². The molecule has 4 rings (SSSR count). The second-order valence-electron chi connectivity index (χ2n) is 6.96. The van der Waals surface area contributed by atoms with Crippen molar-refractivity contribution in [1.82, 2.24) is 20.4 Å². The van der Waals surface area contributed by atoms with Gasteiger partial charge in [-0.15, -0.1) is 0 Å². The van der Waals surface area contributed by atoms with E-state index in [0.29, 0.717) is 18.8 Å². The standard InChI is InChI=1S/C20H26N4O/c1-15-20-16(6-4-12-25-18-9-11-22-14-18)5-2-8-19(20)24(23-15)17-7-3-10-21-13-17/h2,5,8,17-18,21-22H,3,7,9-14H2,1H3. The van der Waals surface area contributed by atoms with Gasteiger partial charge in [0, 0.05) is 24.0 Å². The van der Waals surface area contributed by atoms with E-state index in [2.05, 4.69) is 52.3 Å². The predicted octanol–water partition coefficient (Wildman–Crippen LogP) is 2.00. The molecule has 0 spiro atoms. The van der Waals surface area contributed by atoms with Crippen molar-refractivity contribution in [3.8, 4) is 11.8 Å². The third-order valence-corrected chi connectivity index (χ3v) is 5.15. The molecule has 5 heteroatoms. The molecular formula is C20H26N4O. The second kappa shape index (κ2) is 7.57. The zero-order chi connectivity index (χ0) is 17.1. The van der Waals surface area contributed by atoms with E-state index in [1.54, 1.807) is 0 Å². The molecule has 2 aliphatic heterocycles. The Morgan fingerprint density at radius 1 is 1.24 bits per heavy atom. The highest BCUT2D eigenvalue weighted by Gasteiger charge is 2.20. The van der Waals surface area contributed by atoms with Gasteiger partial charge in [0.15, 0.2) is 0 Å². The Labute approximate surface area is 149 Å². The van der Waals surface area contributed by atoms with Crippen LogP contribution in [0.2, 0.25) is 0 Å². The van der Waals surface area contributed by atoms with E-state index >= 15 is 0 Å². The molecule has 0 aliphatic carbocycles. The van der Waals surface area contributed by atoms with Crippen molar-refractivity contribution in [2.75, 3.05) is 32.8 Å². The van der Waals surface area contributed by atoms with Crippen molar-refractivity contribution in [2.45, 2.75) is 38.3 Å². The van der Waals surface area contributed by atoms with Gasteiger partial charge in [-0.05, 0) is 51.4 Å². The topological polar surface area (TPSA) is 51.1 Å². The molecule has 0 amide bonds. The van der Waals surface area contributed by atoms with Gasteiger partial charge < -0.3 is 15.4 Å². The first-order chi connectivity index (χ1) is 12.3. The summed E-state index contributed by atoms with van der Waals surface area (Å²) in [6, 6.07) is 6.77. The average Bonchev–Trinajstić information content (AvgIpc) is 3.28. The van der Waals surface area contributed by atoms with Crippen LogP contribution in [0.5, 0.6) is 0 Å². The number of nitrogens with zero attached hydrogens (tertiary/aromatic N) is 2. The normalized spacial score (nSPS) is 23.6. The van der Waals surface area contributed by atoms with E-state index in [0.717, 1.165) is 43.9 Å². The highest BCUT2D eigenvalue weighted by atomic mass is 16.5. The van der Waals surface area contributed by atoms with E-state index in [-0.39, 0.29) is 0 Å². The van der Waals surface area contributed by atoms with Crippen LogP contribution in [-0.2, 0) is 4.74 Å². The van der Waals surface area contributed by atoms with E-state index in [9.17, 15) is 0 Å². The maximum absolute atomic E-state index is 5.80. The third-order valence-electron chi connectivity index (χ3n) is 5.15.